The molecule has 0 saturated heterocycles. The first-order valence-electron chi connectivity index (χ1n) is 5.75. The normalized spacial score (nSPS) is 10.7. The Hall–Kier alpha value is -1.55. The zero-order chi connectivity index (χ0) is 13.1. The van der Waals surface area contributed by atoms with Crippen molar-refractivity contribution in [3.8, 4) is 0 Å². The van der Waals surface area contributed by atoms with Gasteiger partial charge in [0.2, 0.25) is 5.95 Å². The van der Waals surface area contributed by atoms with Gasteiger partial charge in [0.05, 0.1) is 18.1 Å². The third-order valence-electron chi connectivity index (χ3n) is 2.56. The van der Waals surface area contributed by atoms with Crippen molar-refractivity contribution in [3.63, 3.8) is 0 Å². The molecule has 0 N–H and O–H groups in total. The second-order valence-corrected chi connectivity index (χ2v) is 4.57. The van der Waals surface area contributed by atoms with E-state index in [9.17, 15) is 0 Å². The first kappa shape index (κ1) is 12.9. The van der Waals surface area contributed by atoms with Crippen LogP contribution in [0.5, 0.6) is 0 Å². The van der Waals surface area contributed by atoms with Crippen LogP contribution in [-0.2, 0) is 12.4 Å². The zero-order valence-corrected chi connectivity index (χ0v) is 11.5. The van der Waals surface area contributed by atoms with Crippen molar-refractivity contribution in [1.82, 2.24) is 9.97 Å². The Kier molecular flexibility index (Phi) is 3.87. The lowest BCUT2D eigenvalue weighted by atomic mass is 10.3. The van der Waals surface area contributed by atoms with Crippen LogP contribution < -0.4 is 4.90 Å². The van der Waals surface area contributed by atoms with Gasteiger partial charge in [-0.2, -0.15) is 0 Å². The summed E-state index contributed by atoms with van der Waals surface area (Å²) in [7, 11) is 1.94. The number of rotatable bonds is 4. The van der Waals surface area contributed by atoms with Crippen molar-refractivity contribution < 1.29 is 4.42 Å². The molecular formula is C13H16ClN3O. The van der Waals surface area contributed by atoms with Crippen LogP contribution in [0.4, 0.5) is 5.95 Å². The average molecular weight is 266 g/mol. The van der Waals surface area contributed by atoms with Crippen LogP contribution in [0, 0.1) is 13.8 Å². The Morgan fingerprint density at radius 3 is 2.67 bits per heavy atom. The third-order valence-corrected chi connectivity index (χ3v) is 2.84. The van der Waals surface area contributed by atoms with Gasteiger partial charge in [-0.3, -0.25) is 0 Å². The van der Waals surface area contributed by atoms with Crippen molar-refractivity contribution >= 4 is 17.5 Å². The molecule has 0 aliphatic heterocycles. The van der Waals surface area contributed by atoms with Crippen molar-refractivity contribution in [2.24, 2.45) is 0 Å². The monoisotopic (exact) mass is 265 g/mol. The quantitative estimate of drug-likeness (QED) is 0.797. The Labute approximate surface area is 112 Å². The molecule has 2 aromatic rings. The van der Waals surface area contributed by atoms with E-state index in [2.05, 4.69) is 9.97 Å². The molecule has 0 aliphatic carbocycles. The van der Waals surface area contributed by atoms with E-state index >= 15 is 0 Å². The number of halogens is 1. The molecule has 0 spiro atoms. The van der Waals surface area contributed by atoms with E-state index in [4.69, 9.17) is 16.0 Å². The number of alkyl halides is 1. The minimum Gasteiger partial charge on any atom is -0.464 e. The zero-order valence-electron chi connectivity index (χ0n) is 10.8. The number of hydrogen-bond acceptors (Lipinski definition) is 4. The first-order valence-corrected chi connectivity index (χ1v) is 6.29. The van der Waals surface area contributed by atoms with Gasteiger partial charge in [-0.15, -0.1) is 11.6 Å². The van der Waals surface area contributed by atoms with E-state index in [1.54, 1.807) is 0 Å². The van der Waals surface area contributed by atoms with Crippen LogP contribution in [0.2, 0.25) is 0 Å². The summed E-state index contributed by atoms with van der Waals surface area (Å²) in [6.07, 6.45) is 0. The molecule has 5 heteroatoms. The molecule has 0 aliphatic rings. The summed E-state index contributed by atoms with van der Waals surface area (Å²) in [5.74, 6) is 2.86. The van der Waals surface area contributed by atoms with Crippen LogP contribution >= 0.6 is 11.6 Å². The molecule has 2 rings (SSSR count). The number of aromatic nitrogens is 2. The summed E-state index contributed by atoms with van der Waals surface area (Å²) in [5.41, 5.74) is 1.75. The van der Waals surface area contributed by atoms with Gasteiger partial charge in [-0.05, 0) is 32.0 Å². The molecule has 0 bridgehead atoms. The van der Waals surface area contributed by atoms with Crippen LogP contribution in [0.3, 0.4) is 0 Å². The first-order chi connectivity index (χ1) is 8.58. The largest absolute Gasteiger partial charge is 0.464 e. The van der Waals surface area contributed by atoms with E-state index in [0.717, 1.165) is 22.9 Å². The molecule has 0 aromatic carbocycles. The molecule has 0 atom stereocenters. The summed E-state index contributed by atoms with van der Waals surface area (Å²) < 4.78 is 5.54. The van der Waals surface area contributed by atoms with Gasteiger partial charge in [0.15, 0.2) is 0 Å². The van der Waals surface area contributed by atoms with Gasteiger partial charge in [0.1, 0.15) is 11.5 Å². The van der Waals surface area contributed by atoms with E-state index < -0.39 is 0 Å². The molecule has 96 valence electrons. The fourth-order valence-corrected chi connectivity index (χ4v) is 1.87. The number of furan rings is 1. The highest BCUT2D eigenvalue weighted by Crippen LogP contribution is 2.15. The smallest absolute Gasteiger partial charge is 0.225 e. The van der Waals surface area contributed by atoms with E-state index in [0.29, 0.717) is 18.4 Å². The van der Waals surface area contributed by atoms with E-state index in [1.807, 2.05) is 44.0 Å². The van der Waals surface area contributed by atoms with Gasteiger partial charge in [-0.25, -0.2) is 9.97 Å². The maximum Gasteiger partial charge on any atom is 0.225 e. The van der Waals surface area contributed by atoms with E-state index in [1.165, 1.54) is 0 Å². The summed E-state index contributed by atoms with van der Waals surface area (Å²) in [4.78, 5) is 10.7. The minimum atomic E-state index is 0.393. The lowest BCUT2D eigenvalue weighted by molar-refractivity contribution is 0.480. The Morgan fingerprint density at radius 2 is 2.06 bits per heavy atom. The molecular weight excluding hydrogens is 250 g/mol. The molecule has 0 unspecified atom stereocenters. The molecule has 0 radical (unpaired) electrons. The van der Waals surface area contributed by atoms with E-state index in [-0.39, 0.29) is 0 Å². The van der Waals surface area contributed by atoms with Gasteiger partial charge in [0.25, 0.3) is 0 Å². The van der Waals surface area contributed by atoms with Crippen LogP contribution in [0.15, 0.2) is 22.6 Å². The van der Waals surface area contributed by atoms with Gasteiger partial charge >= 0.3 is 0 Å². The van der Waals surface area contributed by atoms with Crippen molar-refractivity contribution in [2.45, 2.75) is 26.3 Å². The van der Waals surface area contributed by atoms with Crippen molar-refractivity contribution in [3.05, 3.63) is 41.1 Å². The van der Waals surface area contributed by atoms with Gasteiger partial charge in [-0.1, -0.05) is 0 Å². The maximum absolute atomic E-state index is 5.81. The molecule has 18 heavy (non-hydrogen) atoms. The minimum absolute atomic E-state index is 0.393. The lowest BCUT2D eigenvalue weighted by Gasteiger charge is -2.16. The number of hydrogen-bond donors (Lipinski definition) is 0. The van der Waals surface area contributed by atoms with Gasteiger partial charge < -0.3 is 9.32 Å². The molecule has 0 saturated carbocycles. The Bertz CT molecular complexity index is 539. The Morgan fingerprint density at radius 1 is 1.28 bits per heavy atom. The number of anilines is 1. The Balaban J connectivity index is 2.17. The highest BCUT2D eigenvalue weighted by atomic mass is 35.5. The molecule has 2 heterocycles. The van der Waals surface area contributed by atoms with Crippen molar-refractivity contribution in [1.29, 1.82) is 0 Å². The fourth-order valence-electron chi connectivity index (χ4n) is 1.73. The lowest BCUT2D eigenvalue weighted by Crippen LogP contribution is -2.19. The van der Waals surface area contributed by atoms with Crippen LogP contribution in [-0.4, -0.2) is 17.0 Å². The fraction of sp³-hybridized carbons (Fsp3) is 0.385. The average Bonchev–Trinajstić information content (AvgIpc) is 2.73. The third kappa shape index (κ3) is 3.01. The predicted molar refractivity (Wildman–Crippen MR) is 71.9 cm³/mol. The molecule has 0 fully saturated rings. The highest BCUT2D eigenvalue weighted by molar-refractivity contribution is 6.16. The molecule has 0 amide bonds. The SMILES string of the molecule is Cc1cc(CCl)nc(N(C)Cc2ccc(C)o2)n1. The van der Waals surface area contributed by atoms with Crippen molar-refractivity contribution in [2.75, 3.05) is 11.9 Å². The summed E-state index contributed by atoms with van der Waals surface area (Å²) in [6, 6.07) is 5.80. The highest BCUT2D eigenvalue weighted by Gasteiger charge is 2.09. The molecule has 2 aromatic heterocycles. The molecule has 4 nitrogen and oxygen atoms in total. The second-order valence-electron chi connectivity index (χ2n) is 4.30. The summed E-state index contributed by atoms with van der Waals surface area (Å²) >= 11 is 5.81. The van der Waals surface area contributed by atoms with Crippen LogP contribution in [0.25, 0.3) is 0 Å². The van der Waals surface area contributed by atoms with Crippen LogP contribution in [0.1, 0.15) is 22.9 Å². The number of nitrogens with zero attached hydrogens (tertiary/aromatic N) is 3. The topological polar surface area (TPSA) is 42.2 Å². The second kappa shape index (κ2) is 5.40. The van der Waals surface area contributed by atoms with Gasteiger partial charge in [0, 0.05) is 12.7 Å². The predicted octanol–water partition coefficient (Wildman–Crippen LogP) is 3.06. The maximum atomic E-state index is 5.81. The standard InChI is InChI=1S/C13H16ClN3O/c1-9-6-11(7-14)16-13(15-9)17(3)8-12-5-4-10(2)18-12/h4-6H,7-8H2,1-3H3. The number of aryl methyl sites for hydroxylation is 2. The summed E-state index contributed by atoms with van der Waals surface area (Å²) in [5, 5.41) is 0. The summed E-state index contributed by atoms with van der Waals surface area (Å²) in [6.45, 7) is 4.50.